The van der Waals surface area contributed by atoms with Gasteiger partial charge in [-0.05, 0) is 50.2 Å². The minimum absolute atomic E-state index is 0. The first-order chi connectivity index (χ1) is 9.60. The van der Waals surface area contributed by atoms with E-state index in [1.54, 1.807) is 0 Å². The molecule has 3 nitrogen and oxygen atoms in total. The second-order valence-corrected chi connectivity index (χ2v) is 7.30. The molecule has 0 saturated carbocycles. The Morgan fingerprint density at radius 3 is 2.62 bits per heavy atom. The molecule has 0 spiro atoms. The van der Waals surface area contributed by atoms with E-state index >= 15 is 0 Å². The Bertz CT molecular complexity index is 450. The minimum atomic E-state index is 0. The van der Waals surface area contributed by atoms with Crippen LogP contribution in [0, 0.1) is 5.92 Å². The summed E-state index contributed by atoms with van der Waals surface area (Å²) < 4.78 is 0. The fourth-order valence-electron chi connectivity index (χ4n) is 2.60. The lowest BCUT2D eigenvalue weighted by atomic mass is 10.1. The molecule has 1 N–H and O–H groups in total. The number of rotatable bonds is 5. The summed E-state index contributed by atoms with van der Waals surface area (Å²) in [7, 11) is 1.97. The van der Waals surface area contributed by atoms with Gasteiger partial charge in [-0.2, -0.15) is 0 Å². The summed E-state index contributed by atoms with van der Waals surface area (Å²) in [5.74, 6) is 0.768. The van der Waals surface area contributed by atoms with Gasteiger partial charge in [0, 0.05) is 28.8 Å². The third-order valence-corrected chi connectivity index (χ3v) is 4.55. The Kier molecular flexibility index (Phi) is 7.57. The van der Waals surface area contributed by atoms with Gasteiger partial charge in [-0.15, -0.1) is 24.2 Å². The predicted octanol–water partition coefficient (Wildman–Crippen LogP) is 3.29. The first kappa shape index (κ1) is 18.3. The van der Waals surface area contributed by atoms with Crippen LogP contribution in [-0.4, -0.2) is 42.7 Å². The molecule has 1 unspecified atom stereocenters. The number of hydrogen-bond donors (Lipinski definition) is 1. The average Bonchev–Trinajstić information content (AvgIpc) is 2.87. The molecule has 118 valence electrons. The van der Waals surface area contributed by atoms with Crippen molar-refractivity contribution in [3.8, 4) is 0 Å². The van der Waals surface area contributed by atoms with Crippen LogP contribution in [0.1, 0.15) is 30.6 Å². The van der Waals surface area contributed by atoms with Crippen LogP contribution in [0.15, 0.2) is 29.2 Å². The van der Waals surface area contributed by atoms with Gasteiger partial charge in [0.05, 0.1) is 0 Å². The zero-order valence-electron chi connectivity index (χ0n) is 13.0. The average molecular weight is 329 g/mol. The monoisotopic (exact) mass is 328 g/mol. The van der Waals surface area contributed by atoms with Crippen molar-refractivity contribution in [2.75, 3.05) is 26.7 Å². The molecule has 1 heterocycles. The number of carbonyl (C=O) groups excluding carboxylic acids is 1. The van der Waals surface area contributed by atoms with E-state index in [2.05, 4.69) is 31.3 Å². The number of nitrogens with zero attached hydrogens (tertiary/aromatic N) is 1. The number of likely N-dealkylation sites (tertiary alicyclic amines) is 1. The number of amides is 1. The summed E-state index contributed by atoms with van der Waals surface area (Å²) in [6.45, 7) is 7.11. The number of nitrogens with one attached hydrogen (secondary N) is 1. The smallest absolute Gasteiger partial charge is 0.253 e. The van der Waals surface area contributed by atoms with E-state index in [4.69, 9.17) is 0 Å². The maximum Gasteiger partial charge on any atom is 0.253 e. The van der Waals surface area contributed by atoms with Crippen LogP contribution >= 0.6 is 24.2 Å². The third kappa shape index (κ3) is 5.20. The van der Waals surface area contributed by atoms with Crippen molar-refractivity contribution < 1.29 is 4.79 Å². The minimum Gasteiger partial charge on any atom is -0.338 e. The zero-order valence-corrected chi connectivity index (χ0v) is 14.6. The number of benzene rings is 1. The van der Waals surface area contributed by atoms with Gasteiger partial charge in [0.25, 0.3) is 5.91 Å². The van der Waals surface area contributed by atoms with Crippen molar-refractivity contribution in [2.45, 2.75) is 30.4 Å². The lowest BCUT2D eigenvalue weighted by Gasteiger charge is -2.17. The van der Waals surface area contributed by atoms with E-state index in [1.165, 1.54) is 4.90 Å². The first-order valence-electron chi connectivity index (χ1n) is 7.30. The molecule has 0 aliphatic carbocycles. The van der Waals surface area contributed by atoms with Gasteiger partial charge in [0.2, 0.25) is 0 Å². The van der Waals surface area contributed by atoms with Gasteiger partial charge in [0.1, 0.15) is 0 Å². The summed E-state index contributed by atoms with van der Waals surface area (Å²) in [6, 6.07) is 8.02. The van der Waals surface area contributed by atoms with Crippen LogP contribution in [0.2, 0.25) is 0 Å². The Morgan fingerprint density at radius 2 is 2.05 bits per heavy atom. The Morgan fingerprint density at radius 1 is 1.38 bits per heavy atom. The molecule has 1 amide bonds. The Balaban J connectivity index is 0.00000220. The maximum atomic E-state index is 12.4. The highest BCUT2D eigenvalue weighted by molar-refractivity contribution is 7.99. The van der Waals surface area contributed by atoms with Crippen LogP contribution in [0.3, 0.4) is 0 Å². The summed E-state index contributed by atoms with van der Waals surface area (Å²) in [5, 5.41) is 3.76. The number of thioether (sulfide) groups is 1. The lowest BCUT2D eigenvalue weighted by molar-refractivity contribution is 0.0787. The second-order valence-electron chi connectivity index (χ2n) is 5.65. The normalized spacial score (nSPS) is 17.9. The highest BCUT2D eigenvalue weighted by Crippen LogP contribution is 2.24. The van der Waals surface area contributed by atoms with Crippen molar-refractivity contribution in [3.63, 3.8) is 0 Å². The fraction of sp³-hybridized carbons (Fsp3) is 0.562. The molecule has 0 aromatic heterocycles. The zero-order chi connectivity index (χ0) is 14.5. The molecule has 1 aliphatic rings. The van der Waals surface area contributed by atoms with Crippen LogP contribution in [0.5, 0.6) is 0 Å². The van der Waals surface area contributed by atoms with Gasteiger partial charge < -0.3 is 10.2 Å². The lowest BCUT2D eigenvalue weighted by Crippen LogP contribution is -2.30. The van der Waals surface area contributed by atoms with Gasteiger partial charge in [-0.25, -0.2) is 0 Å². The van der Waals surface area contributed by atoms with Crippen molar-refractivity contribution in [1.82, 2.24) is 10.2 Å². The predicted molar refractivity (Wildman–Crippen MR) is 92.6 cm³/mol. The SMILES string of the molecule is CNCC1CCN(C(=O)c2ccc(SC(C)C)cc2)C1.Cl. The van der Waals surface area contributed by atoms with Gasteiger partial charge >= 0.3 is 0 Å². The van der Waals surface area contributed by atoms with E-state index in [9.17, 15) is 4.79 Å². The quantitative estimate of drug-likeness (QED) is 0.842. The second kappa shape index (κ2) is 8.66. The topological polar surface area (TPSA) is 32.3 Å². The summed E-state index contributed by atoms with van der Waals surface area (Å²) in [5.41, 5.74) is 0.809. The molecule has 1 aliphatic heterocycles. The molecule has 1 aromatic rings. The number of carbonyl (C=O) groups is 1. The first-order valence-corrected chi connectivity index (χ1v) is 8.18. The molecule has 5 heteroatoms. The molecule has 1 saturated heterocycles. The van der Waals surface area contributed by atoms with Crippen molar-refractivity contribution in [1.29, 1.82) is 0 Å². The van der Waals surface area contributed by atoms with E-state index in [-0.39, 0.29) is 18.3 Å². The van der Waals surface area contributed by atoms with Gasteiger partial charge in [-0.3, -0.25) is 4.79 Å². The number of halogens is 1. The molecule has 0 bridgehead atoms. The molecular formula is C16H25ClN2OS. The van der Waals surface area contributed by atoms with Crippen LogP contribution in [0.25, 0.3) is 0 Å². The molecule has 0 radical (unpaired) electrons. The largest absolute Gasteiger partial charge is 0.338 e. The molecule has 1 aromatic carbocycles. The highest BCUT2D eigenvalue weighted by atomic mass is 35.5. The van der Waals surface area contributed by atoms with Crippen LogP contribution < -0.4 is 5.32 Å². The van der Waals surface area contributed by atoms with E-state index in [1.807, 2.05) is 35.8 Å². The standard InChI is InChI=1S/C16H24N2OS.ClH/c1-12(2)20-15-6-4-14(5-7-15)16(19)18-9-8-13(11-18)10-17-3;/h4-7,12-13,17H,8-11H2,1-3H3;1H. The molecule has 1 fully saturated rings. The third-order valence-electron chi connectivity index (χ3n) is 3.54. The summed E-state index contributed by atoms with van der Waals surface area (Å²) in [6.07, 6.45) is 1.11. The Hall–Kier alpha value is -0.710. The molecular weight excluding hydrogens is 304 g/mol. The van der Waals surface area contributed by atoms with Crippen LogP contribution in [0.4, 0.5) is 0 Å². The van der Waals surface area contributed by atoms with Gasteiger partial charge in [-0.1, -0.05) is 13.8 Å². The van der Waals surface area contributed by atoms with E-state index < -0.39 is 0 Å². The fourth-order valence-corrected chi connectivity index (χ4v) is 3.44. The van der Waals surface area contributed by atoms with Crippen molar-refractivity contribution in [2.24, 2.45) is 5.92 Å². The summed E-state index contributed by atoms with van der Waals surface area (Å²) in [4.78, 5) is 15.6. The highest BCUT2D eigenvalue weighted by Gasteiger charge is 2.26. The summed E-state index contributed by atoms with van der Waals surface area (Å²) >= 11 is 1.82. The van der Waals surface area contributed by atoms with E-state index in [0.717, 1.165) is 31.6 Å². The van der Waals surface area contributed by atoms with Gasteiger partial charge in [0.15, 0.2) is 0 Å². The number of hydrogen-bond acceptors (Lipinski definition) is 3. The maximum absolute atomic E-state index is 12.4. The van der Waals surface area contributed by atoms with E-state index in [0.29, 0.717) is 11.2 Å². The molecule has 2 rings (SSSR count). The van der Waals surface area contributed by atoms with Crippen molar-refractivity contribution >= 4 is 30.1 Å². The Labute approximate surface area is 138 Å². The molecule has 21 heavy (non-hydrogen) atoms. The van der Waals surface area contributed by atoms with Crippen LogP contribution in [-0.2, 0) is 0 Å². The molecule has 1 atom stereocenters. The van der Waals surface area contributed by atoms with Crippen molar-refractivity contribution in [3.05, 3.63) is 29.8 Å².